The summed E-state index contributed by atoms with van der Waals surface area (Å²) in [6.07, 6.45) is -0.934. The minimum atomic E-state index is -1.81. The maximum Gasteiger partial charge on any atom is 0.411 e. The molecule has 128 valence electrons. The molecule has 0 aliphatic rings. The van der Waals surface area contributed by atoms with Crippen LogP contribution < -0.4 is 5.73 Å². The Balaban J connectivity index is 5.40. The highest BCUT2D eigenvalue weighted by Crippen LogP contribution is 2.15. The first-order valence-electron chi connectivity index (χ1n) is 6.94. The van der Waals surface area contributed by atoms with Gasteiger partial charge in [-0.3, -0.25) is 4.90 Å². The third kappa shape index (κ3) is 7.26. The summed E-state index contributed by atoms with van der Waals surface area (Å²) in [6, 6.07) is -1.81. The van der Waals surface area contributed by atoms with Gasteiger partial charge in [0, 0.05) is 13.1 Å². The van der Waals surface area contributed by atoms with Gasteiger partial charge in [0.2, 0.25) is 6.04 Å². The number of carboxylic acids is 1. The van der Waals surface area contributed by atoms with Gasteiger partial charge >= 0.3 is 18.0 Å². The Hall–Kier alpha value is -1.83. The molecule has 0 saturated heterocycles. The Morgan fingerprint density at radius 1 is 1.05 bits per heavy atom. The molecule has 22 heavy (non-hydrogen) atoms. The summed E-state index contributed by atoms with van der Waals surface area (Å²) in [5.74, 6) is -2.55. The lowest BCUT2D eigenvalue weighted by Crippen LogP contribution is -2.54. The number of nitrogens with zero attached hydrogens (tertiary/aromatic N) is 1. The minimum absolute atomic E-state index is 0.0220. The van der Waals surface area contributed by atoms with Gasteiger partial charge in [-0.2, -0.15) is 0 Å². The molecule has 0 aliphatic carbocycles. The van der Waals surface area contributed by atoms with Crippen LogP contribution in [0.2, 0.25) is 0 Å². The van der Waals surface area contributed by atoms with E-state index in [9.17, 15) is 19.5 Å². The molecule has 1 unspecified atom stereocenters. The number of ether oxygens (including phenoxy) is 2. The number of hydrogen-bond acceptors (Lipinski definition) is 6. The van der Waals surface area contributed by atoms with E-state index in [2.05, 4.69) is 0 Å². The fourth-order valence-corrected chi connectivity index (χ4v) is 1.50. The van der Waals surface area contributed by atoms with Gasteiger partial charge < -0.3 is 20.3 Å². The normalized spacial score (nSPS) is 13.2. The Bertz CT molecular complexity index is 422. The van der Waals surface area contributed by atoms with Crippen molar-refractivity contribution in [3.8, 4) is 0 Å². The van der Waals surface area contributed by atoms with Crippen LogP contribution in [0.1, 0.15) is 41.5 Å². The van der Waals surface area contributed by atoms with E-state index in [1.165, 1.54) is 0 Å². The number of nitrogens with two attached hydrogens (primary N) is 1. The molecule has 0 aromatic rings. The third-order valence-electron chi connectivity index (χ3n) is 2.17. The van der Waals surface area contributed by atoms with E-state index in [1.807, 2.05) is 0 Å². The zero-order valence-corrected chi connectivity index (χ0v) is 14.0. The number of rotatable bonds is 5. The highest BCUT2D eigenvalue weighted by atomic mass is 16.6. The third-order valence-corrected chi connectivity index (χ3v) is 2.17. The first kappa shape index (κ1) is 20.2. The van der Waals surface area contributed by atoms with E-state index < -0.39 is 35.3 Å². The molecular formula is C14H26N2O6. The van der Waals surface area contributed by atoms with Gasteiger partial charge in [-0.05, 0) is 41.5 Å². The SMILES string of the molecule is CC(C)(C)OC(=O)C(C(=O)O)N(CCN)C(=O)OC(C)(C)C. The average Bonchev–Trinajstić information content (AvgIpc) is 2.22. The smallest absolute Gasteiger partial charge is 0.411 e. The van der Waals surface area contributed by atoms with Crippen molar-refractivity contribution in [1.29, 1.82) is 0 Å². The second kappa shape index (κ2) is 7.44. The van der Waals surface area contributed by atoms with Crippen LogP contribution in [0.25, 0.3) is 0 Å². The van der Waals surface area contributed by atoms with Crippen LogP contribution in [0.15, 0.2) is 0 Å². The maximum absolute atomic E-state index is 12.1. The summed E-state index contributed by atoms with van der Waals surface area (Å²) < 4.78 is 10.2. The summed E-state index contributed by atoms with van der Waals surface area (Å²) in [7, 11) is 0. The molecule has 0 aromatic carbocycles. The quantitative estimate of drug-likeness (QED) is 0.572. The highest BCUT2D eigenvalue weighted by molar-refractivity contribution is 6.01. The molecule has 0 fully saturated rings. The number of carboxylic acid groups (broad SMARTS) is 1. The van der Waals surface area contributed by atoms with Gasteiger partial charge in [-0.15, -0.1) is 0 Å². The van der Waals surface area contributed by atoms with Crippen molar-refractivity contribution in [2.45, 2.75) is 58.8 Å². The summed E-state index contributed by atoms with van der Waals surface area (Å²) in [6.45, 7) is 9.54. The number of carbonyl (C=O) groups is 3. The molecule has 0 bridgehead atoms. The molecule has 1 amide bonds. The van der Waals surface area contributed by atoms with E-state index in [4.69, 9.17) is 15.2 Å². The Kier molecular flexibility index (Phi) is 6.82. The molecule has 8 heteroatoms. The van der Waals surface area contributed by atoms with Crippen molar-refractivity contribution in [3.63, 3.8) is 0 Å². The van der Waals surface area contributed by atoms with Crippen molar-refractivity contribution >= 4 is 18.0 Å². The van der Waals surface area contributed by atoms with Gasteiger partial charge in [0.15, 0.2) is 0 Å². The van der Waals surface area contributed by atoms with Crippen LogP contribution in [0.5, 0.6) is 0 Å². The fraction of sp³-hybridized carbons (Fsp3) is 0.786. The van der Waals surface area contributed by atoms with E-state index in [0.717, 1.165) is 4.90 Å². The zero-order chi connectivity index (χ0) is 17.7. The molecule has 0 saturated carbocycles. The molecule has 0 aliphatic heterocycles. The number of aliphatic carboxylic acids is 1. The second-order valence-electron chi connectivity index (χ2n) is 6.74. The second-order valence-corrected chi connectivity index (χ2v) is 6.74. The molecule has 8 nitrogen and oxygen atoms in total. The van der Waals surface area contributed by atoms with Gasteiger partial charge in [0.25, 0.3) is 0 Å². The van der Waals surface area contributed by atoms with E-state index in [-0.39, 0.29) is 13.1 Å². The molecular weight excluding hydrogens is 292 g/mol. The predicted octanol–water partition coefficient (Wildman–Crippen LogP) is 0.977. The summed E-state index contributed by atoms with van der Waals surface area (Å²) >= 11 is 0. The number of carbonyl (C=O) groups excluding carboxylic acids is 2. The van der Waals surface area contributed by atoms with Gasteiger partial charge in [0.1, 0.15) is 11.2 Å². The van der Waals surface area contributed by atoms with Crippen molar-refractivity contribution in [1.82, 2.24) is 4.90 Å². The molecule has 0 rings (SSSR count). The zero-order valence-electron chi connectivity index (χ0n) is 14.0. The first-order valence-corrected chi connectivity index (χ1v) is 6.94. The summed E-state index contributed by atoms with van der Waals surface area (Å²) in [5, 5.41) is 9.29. The Morgan fingerprint density at radius 3 is 1.82 bits per heavy atom. The molecule has 0 radical (unpaired) electrons. The molecule has 0 heterocycles. The minimum Gasteiger partial charge on any atom is -0.479 e. The topological polar surface area (TPSA) is 119 Å². The van der Waals surface area contributed by atoms with Gasteiger partial charge in [-0.25, -0.2) is 14.4 Å². The van der Waals surface area contributed by atoms with E-state index in [0.29, 0.717) is 0 Å². The molecule has 0 aromatic heterocycles. The van der Waals surface area contributed by atoms with Crippen LogP contribution in [0.4, 0.5) is 4.79 Å². The fourth-order valence-electron chi connectivity index (χ4n) is 1.50. The molecule has 3 N–H and O–H groups in total. The van der Waals surface area contributed by atoms with E-state index in [1.54, 1.807) is 41.5 Å². The maximum atomic E-state index is 12.1. The van der Waals surface area contributed by atoms with Crippen molar-refractivity contribution < 1.29 is 29.0 Å². The van der Waals surface area contributed by atoms with Gasteiger partial charge in [-0.1, -0.05) is 0 Å². The number of amides is 1. The Morgan fingerprint density at radius 2 is 1.50 bits per heavy atom. The highest BCUT2D eigenvalue weighted by Gasteiger charge is 2.40. The van der Waals surface area contributed by atoms with Crippen LogP contribution >= 0.6 is 0 Å². The molecule has 0 spiro atoms. The summed E-state index contributed by atoms with van der Waals surface area (Å²) in [4.78, 5) is 36.4. The van der Waals surface area contributed by atoms with Crippen molar-refractivity contribution in [3.05, 3.63) is 0 Å². The first-order chi connectivity index (χ1) is 9.78. The largest absolute Gasteiger partial charge is 0.479 e. The predicted molar refractivity (Wildman–Crippen MR) is 79.3 cm³/mol. The van der Waals surface area contributed by atoms with Crippen LogP contribution in [0, 0.1) is 0 Å². The molecule has 1 atom stereocenters. The standard InChI is InChI=1S/C14H26N2O6/c1-13(2,3)21-11(19)9(10(17)18)16(8-7-15)12(20)22-14(4,5)6/h9H,7-8,15H2,1-6H3,(H,17,18). The summed E-state index contributed by atoms with van der Waals surface area (Å²) in [5.41, 5.74) is 3.69. The van der Waals surface area contributed by atoms with Crippen LogP contribution in [-0.4, -0.2) is 58.4 Å². The van der Waals surface area contributed by atoms with Crippen molar-refractivity contribution in [2.75, 3.05) is 13.1 Å². The van der Waals surface area contributed by atoms with Crippen molar-refractivity contribution in [2.24, 2.45) is 5.73 Å². The van der Waals surface area contributed by atoms with Gasteiger partial charge in [0.05, 0.1) is 0 Å². The van der Waals surface area contributed by atoms with Crippen LogP contribution in [-0.2, 0) is 19.1 Å². The number of esters is 1. The Labute approximate surface area is 130 Å². The average molecular weight is 318 g/mol. The number of hydrogen-bond donors (Lipinski definition) is 2. The lowest BCUT2D eigenvalue weighted by atomic mass is 10.1. The van der Waals surface area contributed by atoms with Crippen LogP contribution in [0.3, 0.4) is 0 Å². The lowest BCUT2D eigenvalue weighted by molar-refractivity contribution is -0.168. The van der Waals surface area contributed by atoms with E-state index >= 15 is 0 Å². The monoisotopic (exact) mass is 318 g/mol. The lowest BCUT2D eigenvalue weighted by Gasteiger charge is -2.31.